The van der Waals surface area contributed by atoms with Gasteiger partial charge in [-0.2, -0.15) is 0 Å². The lowest BCUT2D eigenvalue weighted by atomic mass is 10.00. The number of rotatable bonds is 6. The number of amides is 2. The van der Waals surface area contributed by atoms with Crippen molar-refractivity contribution in [2.45, 2.75) is 29.5 Å². The molecule has 164 valence electrons. The van der Waals surface area contributed by atoms with Gasteiger partial charge in [-0.25, -0.2) is 9.78 Å². The summed E-state index contributed by atoms with van der Waals surface area (Å²) in [5, 5.41) is 17.0. The maximum atomic E-state index is 12.8. The molecule has 2 saturated heterocycles. The predicted octanol–water partition coefficient (Wildman–Crippen LogP) is 0.237. The molecule has 4 heterocycles. The van der Waals surface area contributed by atoms with Gasteiger partial charge < -0.3 is 21.0 Å². The lowest BCUT2D eigenvalue weighted by Crippen LogP contribution is -2.71. The summed E-state index contributed by atoms with van der Waals surface area (Å²) in [6.07, 6.45) is 0.936. The number of thioether (sulfide) groups is 2. The molecule has 0 saturated carbocycles. The minimum Gasteiger partial charge on any atom is -0.477 e. The van der Waals surface area contributed by atoms with Gasteiger partial charge >= 0.3 is 5.97 Å². The van der Waals surface area contributed by atoms with Crippen LogP contribution in [-0.4, -0.2) is 73.1 Å². The molecule has 1 unspecified atom stereocenters. The molecule has 3 aliphatic rings. The second kappa shape index (κ2) is 8.51. The number of oxime groups is 1. The summed E-state index contributed by atoms with van der Waals surface area (Å²) < 4.78 is 0. The van der Waals surface area contributed by atoms with E-state index in [1.54, 1.807) is 0 Å². The fraction of sp³-hybridized carbons (Fsp3) is 0.412. The van der Waals surface area contributed by atoms with Crippen LogP contribution in [0.1, 0.15) is 18.5 Å². The van der Waals surface area contributed by atoms with Gasteiger partial charge in [0.2, 0.25) is 0 Å². The Hall–Kier alpha value is -2.58. The highest BCUT2D eigenvalue weighted by Gasteiger charge is 2.55. The number of aromatic nitrogens is 1. The van der Waals surface area contributed by atoms with Crippen molar-refractivity contribution in [2.75, 3.05) is 18.6 Å². The SMILES string of the molecule is CON=C(C(=O)N[C@@H]1C(=O)N2C(C(=O)O)=C(C3CCC(=O)S3)CS[C@H]12)c1csc(N)n1. The molecule has 2 fully saturated rings. The van der Waals surface area contributed by atoms with Crippen LogP contribution < -0.4 is 11.1 Å². The number of thiazole rings is 1. The molecule has 0 radical (unpaired) electrons. The maximum absolute atomic E-state index is 12.8. The quantitative estimate of drug-likeness (QED) is 0.290. The van der Waals surface area contributed by atoms with E-state index in [0.29, 0.717) is 24.2 Å². The molecule has 2 amide bonds. The average molecular weight is 484 g/mol. The summed E-state index contributed by atoms with van der Waals surface area (Å²) in [6.45, 7) is 0. The standard InChI is InChI=1S/C17H17N5O6S3/c1-28-21-10(7-5-30-17(18)19-7)13(24)20-11-14(25)22-12(16(26)27)6(4-29-15(11)22)8-2-3-9(23)31-8/h5,8,11,15H,2-4H2,1H3,(H2,18,19)(H,20,24)(H,26,27)/t8?,11-,15-/m1/s1. The van der Waals surface area contributed by atoms with E-state index in [0.717, 1.165) is 23.1 Å². The first-order valence-corrected chi connectivity index (χ1v) is 11.9. The number of carbonyl (C=O) groups is 4. The van der Waals surface area contributed by atoms with Crippen molar-refractivity contribution in [3.05, 3.63) is 22.3 Å². The topological polar surface area (TPSA) is 164 Å². The molecule has 0 spiro atoms. The van der Waals surface area contributed by atoms with Gasteiger partial charge in [-0.3, -0.25) is 19.3 Å². The predicted molar refractivity (Wildman–Crippen MR) is 115 cm³/mol. The Kier molecular flexibility index (Phi) is 5.94. The Morgan fingerprint density at radius 1 is 1.42 bits per heavy atom. The molecular weight excluding hydrogens is 466 g/mol. The van der Waals surface area contributed by atoms with Crippen LogP contribution in [0.3, 0.4) is 0 Å². The van der Waals surface area contributed by atoms with Gasteiger partial charge in [0.05, 0.1) is 0 Å². The van der Waals surface area contributed by atoms with Gasteiger partial charge in [0, 0.05) is 22.8 Å². The Balaban J connectivity index is 1.54. The lowest BCUT2D eigenvalue weighted by molar-refractivity contribution is -0.150. The number of nitrogen functional groups attached to an aromatic ring is 1. The van der Waals surface area contributed by atoms with Crippen molar-refractivity contribution in [3.8, 4) is 0 Å². The average Bonchev–Trinajstić information content (AvgIpc) is 3.36. The second-order valence-electron chi connectivity index (χ2n) is 6.75. The Bertz CT molecular complexity index is 1040. The number of fused-ring (bicyclic) bond motifs is 1. The zero-order valence-corrected chi connectivity index (χ0v) is 18.5. The molecule has 3 aliphatic heterocycles. The molecule has 4 rings (SSSR count). The van der Waals surface area contributed by atoms with Crippen LogP contribution in [0.15, 0.2) is 21.8 Å². The summed E-state index contributed by atoms with van der Waals surface area (Å²) in [5.74, 6) is -2.09. The molecule has 3 atom stereocenters. The summed E-state index contributed by atoms with van der Waals surface area (Å²) in [4.78, 5) is 59.1. The maximum Gasteiger partial charge on any atom is 0.352 e. The van der Waals surface area contributed by atoms with Crippen LogP contribution in [0.2, 0.25) is 0 Å². The highest BCUT2D eigenvalue weighted by molar-refractivity contribution is 8.14. The molecular formula is C17H17N5O6S3. The van der Waals surface area contributed by atoms with E-state index in [1.165, 1.54) is 29.2 Å². The Labute approximate surface area is 188 Å². The number of carbonyl (C=O) groups excluding carboxylic acids is 3. The molecule has 1 aromatic rings. The smallest absolute Gasteiger partial charge is 0.352 e. The number of hydrogen-bond donors (Lipinski definition) is 3. The van der Waals surface area contributed by atoms with E-state index in [9.17, 15) is 24.3 Å². The third-order valence-electron chi connectivity index (χ3n) is 4.92. The third-order valence-corrected chi connectivity index (χ3v) is 8.17. The van der Waals surface area contributed by atoms with Crippen LogP contribution in [0.4, 0.5) is 5.13 Å². The molecule has 14 heteroatoms. The first-order valence-electron chi connectivity index (χ1n) is 9.05. The molecule has 0 aromatic carbocycles. The molecule has 0 bridgehead atoms. The number of aliphatic carboxylic acids is 1. The number of anilines is 1. The summed E-state index contributed by atoms with van der Waals surface area (Å²) in [5.41, 5.74) is 6.15. The third kappa shape index (κ3) is 3.90. The van der Waals surface area contributed by atoms with Crippen LogP contribution in [-0.2, 0) is 24.0 Å². The number of hydrogen-bond acceptors (Lipinski definition) is 11. The van der Waals surface area contributed by atoms with E-state index < -0.39 is 29.2 Å². The minimum absolute atomic E-state index is 0.0158. The van der Waals surface area contributed by atoms with Crippen molar-refractivity contribution in [2.24, 2.45) is 5.16 Å². The van der Waals surface area contributed by atoms with Crippen LogP contribution in [0.25, 0.3) is 0 Å². The summed E-state index contributed by atoms with van der Waals surface area (Å²) >= 11 is 3.59. The molecule has 11 nitrogen and oxygen atoms in total. The van der Waals surface area contributed by atoms with E-state index >= 15 is 0 Å². The van der Waals surface area contributed by atoms with Gasteiger partial charge in [0.1, 0.15) is 29.9 Å². The molecule has 31 heavy (non-hydrogen) atoms. The van der Waals surface area contributed by atoms with Crippen molar-refractivity contribution < 1.29 is 29.1 Å². The Morgan fingerprint density at radius 3 is 2.77 bits per heavy atom. The number of β-lactam (4-membered cyclic amide) rings is 1. The fourth-order valence-electron chi connectivity index (χ4n) is 3.56. The fourth-order valence-corrected chi connectivity index (χ4v) is 6.76. The van der Waals surface area contributed by atoms with Gasteiger partial charge in [0.15, 0.2) is 16.0 Å². The largest absolute Gasteiger partial charge is 0.477 e. The van der Waals surface area contributed by atoms with E-state index in [4.69, 9.17) is 10.6 Å². The number of carboxylic acid groups (broad SMARTS) is 1. The van der Waals surface area contributed by atoms with Crippen LogP contribution in [0, 0.1) is 0 Å². The van der Waals surface area contributed by atoms with Crippen molar-refractivity contribution in [1.29, 1.82) is 0 Å². The van der Waals surface area contributed by atoms with Crippen LogP contribution in [0.5, 0.6) is 0 Å². The summed E-state index contributed by atoms with van der Waals surface area (Å²) in [7, 11) is 1.27. The highest BCUT2D eigenvalue weighted by Crippen LogP contribution is 2.45. The van der Waals surface area contributed by atoms with Gasteiger partial charge in [-0.05, 0) is 12.0 Å². The van der Waals surface area contributed by atoms with Gasteiger partial charge in [0.25, 0.3) is 11.8 Å². The normalized spacial score (nSPS) is 25.9. The van der Waals surface area contributed by atoms with Crippen molar-refractivity contribution in [1.82, 2.24) is 15.2 Å². The number of carboxylic acids is 1. The Morgan fingerprint density at radius 2 is 2.19 bits per heavy atom. The highest BCUT2D eigenvalue weighted by atomic mass is 32.2. The van der Waals surface area contributed by atoms with Crippen LogP contribution >= 0.6 is 34.9 Å². The zero-order valence-electron chi connectivity index (χ0n) is 16.1. The number of nitrogens with two attached hydrogens (primary N) is 1. The van der Waals surface area contributed by atoms with Crippen molar-refractivity contribution >= 4 is 68.6 Å². The summed E-state index contributed by atoms with van der Waals surface area (Å²) in [6, 6.07) is -0.927. The molecule has 4 N–H and O–H groups in total. The van der Waals surface area contributed by atoms with E-state index in [1.807, 2.05) is 0 Å². The first kappa shape index (κ1) is 21.6. The van der Waals surface area contributed by atoms with Gasteiger partial charge in [-0.15, -0.1) is 23.1 Å². The molecule has 1 aromatic heterocycles. The second-order valence-corrected chi connectivity index (χ2v) is 10.0. The minimum atomic E-state index is -1.22. The molecule has 0 aliphatic carbocycles. The lowest BCUT2D eigenvalue weighted by Gasteiger charge is -2.49. The number of nitrogens with zero attached hydrogens (tertiary/aromatic N) is 3. The van der Waals surface area contributed by atoms with Crippen molar-refractivity contribution in [3.63, 3.8) is 0 Å². The van der Waals surface area contributed by atoms with E-state index in [2.05, 4.69) is 15.5 Å². The first-order chi connectivity index (χ1) is 14.8. The van der Waals surface area contributed by atoms with Gasteiger partial charge in [-0.1, -0.05) is 16.9 Å². The zero-order chi connectivity index (χ0) is 22.3. The monoisotopic (exact) mass is 483 g/mol. The number of nitrogens with one attached hydrogen (secondary N) is 1. The van der Waals surface area contributed by atoms with E-state index in [-0.39, 0.29) is 32.6 Å².